The summed E-state index contributed by atoms with van der Waals surface area (Å²) in [6.45, 7) is -0.321. The molecule has 8 nitrogen and oxygen atoms in total. The van der Waals surface area contributed by atoms with Crippen molar-refractivity contribution in [2.75, 3.05) is 0 Å². The van der Waals surface area contributed by atoms with Crippen molar-refractivity contribution in [1.82, 2.24) is 30.7 Å². The van der Waals surface area contributed by atoms with E-state index in [1.165, 1.54) is 5.48 Å². The zero-order chi connectivity index (χ0) is 17.1. The number of rotatable bonds is 4. The van der Waals surface area contributed by atoms with Gasteiger partial charge in [-0.15, -0.1) is 10.2 Å². The van der Waals surface area contributed by atoms with Crippen LogP contribution in [0.3, 0.4) is 0 Å². The minimum atomic E-state index is -1.02. The molecule has 2 N–H and O–H groups in total. The standard InChI is InChI=1S/C14H10F2N6O2/c15-10-5-8(14(23)20-24)6-11(16)9(10)7-22-19-13(18-21-22)12-3-1-2-4-17-12/h1-6,24H,7H2,(H,20,23). The largest absolute Gasteiger partial charge is 0.288 e. The quantitative estimate of drug-likeness (QED) is 0.549. The first-order chi connectivity index (χ1) is 11.6. The Morgan fingerprint density at radius 2 is 2.00 bits per heavy atom. The molecule has 3 aromatic rings. The molecule has 0 aliphatic rings. The van der Waals surface area contributed by atoms with Crippen LogP contribution < -0.4 is 5.48 Å². The number of tetrazole rings is 1. The maximum atomic E-state index is 14.0. The Morgan fingerprint density at radius 3 is 2.62 bits per heavy atom. The first-order valence-electron chi connectivity index (χ1n) is 6.70. The van der Waals surface area contributed by atoms with Gasteiger partial charge in [0.1, 0.15) is 17.3 Å². The van der Waals surface area contributed by atoms with Crippen molar-refractivity contribution in [3.8, 4) is 11.5 Å². The summed E-state index contributed by atoms with van der Waals surface area (Å²) >= 11 is 0. The van der Waals surface area contributed by atoms with Gasteiger partial charge >= 0.3 is 0 Å². The van der Waals surface area contributed by atoms with Crippen molar-refractivity contribution in [3.05, 3.63) is 59.3 Å². The number of nitrogens with one attached hydrogen (secondary N) is 1. The molecule has 122 valence electrons. The SMILES string of the molecule is O=C(NO)c1cc(F)c(Cn2nnc(-c3ccccn3)n2)c(F)c1. The molecular weight excluding hydrogens is 322 g/mol. The third-order valence-corrected chi connectivity index (χ3v) is 3.15. The molecule has 0 fully saturated rings. The molecule has 0 saturated carbocycles. The summed E-state index contributed by atoms with van der Waals surface area (Å²) in [4.78, 5) is 16.3. The summed E-state index contributed by atoms with van der Waals surface area (Å²) in [5.41, 5.74) is 1.09. The Kier molecular flexibility index (Phi) is 4.20. The molecule has 0 unspecified atom stereocenters. The van der Waals surface area contributed by atoms with Crippen molar-refractivity contribution >= 4 is 5.91 Å². The number of halogens is 2. The molecule has 1 aromatic carbocycles. The molecule has 0 aliphatic carbocycles. The van der Waals surface area contributed by atoms with E-state index < -0.39 is 17.5 Å². The maximum Gasteiger partial charge on any atom is 0.274 e. The smallest absolute Gasteiger partial charge is 0.274 e. The number of carbonyl (C=O) groups excluding carboxylic acids is 1. The van der Waals surface area contributed by atoms with E-state index in [9.17, 15) is 13.6 Å². The van der Waals surface area contributed by atoms with Gasteiger partial charge in [-0.1, -0.05) is 6.07 Å². The van der Waals surface area contributed by atoms with E-state index in [0.717, 1.165) is 16.9 Å². The van der Waals surface area contributed by atoms with Gasteiger partial charge in [-0.2, -0.15) is 4.80 Å². The fraction of sp³-hybridized carbons (Fsp3) is 0.0714. The fourth-order valence-corrected chi connectivity index (χ4v) is 2.00. The highest BCUT2D eigenvalue weighted by Gasteiger charge is 2.17. The average Bonchev–Trinajstić information content (AvgIpc) is 3.06. The second-order valence-electron chi connectivity index (χ2n) is 4.72. The van der Waals surface area contributed by atoms with Crippen LogP contribution in [0.4, 0.5) is 8.78 Å². The van der Waals surface area contributed by atoms with Gasteiger partial charge in [-0.05, 0) is 29.5 Å². The van der Waals surface area contributed by atoms with E-state index in [4.69, 9.17) is 5.21 Å². The highest BCUT2D eigenvalue weighted by atomic mass is 19.1. The van der Waals surface area contributed by atoms with Crippen molar-refractivity contribution in [3.63, 3.8) is 0 Å². The lowest BCUT2D eigenvalue weighted by atomic mass is 10.1. The first kappa shape index (κ1) is 15.6. The predicted molar refractivity (Wildman–Crippen MR) is 75.8 cm³/mol. The topological polar surface area (TPSA) is 106 Å². The Morgan fingerprint density at radius 1 is 1.25 bits per heavy atom. The van der Waals surface area contributed by atoms with E-state index in [0.29, 0.717) is 5.69 Å². The molecule has 0 radical (unpaired) electrons. The zero-order valence-corrected chi connectivity index (χ0v) is 12.0. The number of benzene rings is 1. The lowest BCUT2D eigenvalue weighted by Crippen LogP contribution is -2.19. The van der Waals surface area contributed by atoms with Crippen LogP contribution in [-0.2, 0) is 6.54 Å². The molecular formula is C14H10F2N6O2. The van der Waals surface area contributed by atoms with Gasteiger partial charge in [0.25, 0.3) is 5.91 Å². The Hall–Kier alpha value is -3.27. The van der Waals surface area contributed by atoms with Crippen LogP contribution in [0.2, 0.25) is 0 Å². The van der Waals surface area contributed by atoms with Gasteiger partial charge in [0.05, 0.1) is 6.54 Å². The number of pyridine rings is 1. The van der Waals surface area contributed by atoms with Gasteiger partial charge in [0, 0.05) is 17.3 Å². The third kappa shape index (κ3) is 3.08. The fourth-order valence-electron chi connectivity index (χ4n) is 2.00. The van der Waals surface area contributed by atoms with E-state index in [-0.39, 0.29) is 23.5 Å². The molecule has 0 spiro atoms. The second kappa shape index (κ2) is 6.46. The van der Waals surface area contributed by atoms with Crippen LogP contribution in [0.25, 0.3) is 11.5 Å². The Bertz CT molecular complexity index is 861. The molecule has 10 heteroatoms. The second-order valence-corrected chi connectivity index (χ2v) is 4.72. The summed E-state index contributed by atoms with van der Waals surface area (Å²) in [6, 6.07) is 6.75. The number of hydrogen-bond acceptors (Lipinski definition) is 6. The summed E-state index contributed by atoms with van der Waals surface area (Å²) in [7, 11) is 0. The lowest BCUT2D eigenvalue weighted by molar-refractivity contribution is 0.0705. The monoisotopic (exact) mass is 332 g/mol. The van der Waals surface area contributed by atoms with Crippen molar-refractivity contribution in [2.24, 2.45) is 0 Å². The predicted octanol–water partition coefficient (Wildman–Crippen LogP) is 1.18. The Labute approximate surface area is 133 Å². The highest BCUT2D eigenvalue weighted by Crippen LogP contribution is 2.17. The van der Waals surface area contributed by atoms with Gasteiger partial charge in [0.15, 0.2) is 0 Å². The molecule has 0 saturated heterocycles. The molecule has 0 atom stereocenters. The van der Waals surface area contributed by atoms with Gasteiger partial charge in [-0.25, -0.2) is 14.3 Å². The summed E-state index contributed by atoms with van der Waals surface area (Å²) < 4.78 is 28.0. The average molecular weight is 332 g/mol. The molecule has 1 amide bonds. The number of nitrogens with zero attached hydrogens (tertiary/aromatic N) is 5. The summed E-state index contributed by atoms with van der Waals surface area (Å²) in [6.07, 6.45) is 1.56. The highest BCUT2D eigenvalue weighted by molar-refractivity contribution is 5.93. The van der Waals surface area contributed by atoms with Crippen LogP contribution in [0.15, 0.2) is 36.5 Å². The first-order valence-corrected chi connectivity index (χ1v) is 6.70. The molecule has 24 heavy (non-hydrogen) atoms. The molecule has 2 aromatic heterocycles. The third-order valence-electron chi connectivity index (χ3n) is 3.15. The maximum absolute atomic E-state index is 14.0. The van der Waals surface area contributed by atoms with Crippen molar-refractivity contribution < 1.29 is 18.8 Å². The van der Waals surface area contributed by atoms with E-state index in [2.05, 4.69) is 20.4 Å². The van der Waals surface area contributed by atoms with Crippen molar-refractivity contribution in [2.45, 2.75) is 6.54 Å². The van der Waals surface area contributed by atoms with Crippen LogP contribution >= 0.6 is 0 Å². The van der Waals surface area contributed by atoms with Crippen molar-refractivity contribution in [1.29, 1.82) is 0 Å². The van der Waals surface area contributed by atoms with Gasteiger partial charge in [-0.3, -0.25) is 15.0 Å². The number of aromatic nitrogens is 5. The van der Waals surface area contributed by atoms with Gasteiger partial charge in [0.2, 0.25) is 5.82 Å². The summed E-state index contributed by atoms with van der Waals surface area (Å²) in [5.74, 6) is -2.74. The molecule has 0 aliphatic heterocycles. The molecule has 2 heterocycles. The zero-order valence-electron chi connectivity index (χ0n) is 12.0. The Balaban J connectivity index is 1.87. The van der Waals surface area contributed by atoms with E-state index in [1.54, 1.807) is 24.4 Å². The molecule has 0 bridgehead atoms. The normalized spacial score (nSPS) is 10.6. The van der Waals surface area contributed by atoms with Crippen LogP contribution in [0.5, 0.6) is 0 Å². The minimum Gasteiger partial charge on any atom is -0.288 e. The minimum absolute atomic E-state index is 0.215. The van der Waals surface area contributed by atoms with Crippen LogP contribution in [0.1, 0.15) is 15.9 Å². The van der Waals surface area contributed by atoms with E-state index >= 15 is 0 Å². The molecule has 3 rings (SSSR count). The number of amides is 1. The number of carbonyl (C=O) groups is 1. The van der Waals surface area contributed by atoms with E-state index in [1.807, 2.05) is 0 Å². The van der Waals surface area contributed by atoms with Crippen LogP contribution in [0, 0.1) is 11.6 Å². The van der Waals surface area contributed by atoms with Crippen LogP contribution in [-0.4, -0.2) is 36.3 Å². The van der Waals surface area contributed by atoms with Gasteiger partial charge < -0.3 is 0 Å². The lowest BCUT2D eigenvalue weighted by Gasteiger charge is -2.06. The summed E-state index contributed by atoms with van der Waals surface area (Å²) in [5, 5.41) is 20.0. The number of hydrogen-bond donors (Lipinski definition) is 2. The number of hydroxylamine groups is 1.